The van der Waals surface area contributed by atoms with Gasteiger partial charge in [0.05, 0.1) is 11.0 Å². The van der Waals surface area contributed by atoms with E-state index in [2.05, 4.69) is 9.97 Å². The summed E-state index contributed by atoms with van der Waals surface area (Å²) in [6.45, 7) is 0. The quantitative estimate of drug-likeness (QED) is 0.633. The Morgan fingerprint density at radius 3 is 2.68 bits per heavy atom. The first-order valence-electron chi connectivity index (χ1n) is 5.62. The third-order valence-electron chi connectivity index (χ3n) is 2.84. The second-order valence-electron chi connectivity index (χ2n) is 4.08. The molecule has 0 bridgehead atoms. The molecule has 0 spiro atoms. The molecule has 1 aromatic carbocycles. The van der Waals surface area contributed by atoms with Crippen molar-refractivity contribution in [1.29, 1.82) is 0 Å². The van der Waals surface area contributed by atoms with Gasteiger partial charge in [-0.1, -0.05) is 0 Å². The zero-order chi connectivity index (χ0) is 13.4. The molecule has 0 radical (unpaired) electrons. The van der Waals surface area contributed by atoms with E-state index >= 15 is 0 Å². The number of hydrogen-bond donors (Lipinski definition) is 2. The van der Waals surface area contributed by atoms with Crippen LogP contribution in [0.4, 0.5) is 5.69 Å². The molecule has 3 N–H and O–H groups in total. The van der Waals surface area contributed by atoms with Crippen molar-refractivity contribution in [2.24, 2.45) is 0 Å². The number of carbonyl (C=O) groups is 1. The van der Waals surface area contributed by atoms with Crippen LogP contribution in [0.1, 0.15) is 10.4 Å². The average Bonchev–Trinajstić information content (AvgIpc) is 2.74. The van der Waals surface area contributed by atoms with Crippen molar-refractivity contribution >= 4 is 22.6 Å². The molecule has 6 heteroatoms. The number of imidazole rings is 1. The van der Waals surface area contributed by atoms with Gasteiger partial charge in [0.1, 0.15) is 0 Å². The van der Waals surface area contributed by atoms with Crippen molar-refractivity contribution in [2.75, 3.05) is 5.73 Å². The van der Waals surface area contributed by atoms with Crippen LogP contribution < -0.4 is 11.4 Å². The first kappa shape index (κ1) is 11.2. The Morgan fingerprint density at radius 2 is 1.95 bits per heavy atom. The number of nitrogens with zero attached hydrogens (tertiary/aromatic N) is 2. The molecule has 6 nitrogen and oxygen atoms in total. The van der Waals surface area contributed by atoms with Gasteiger partial charge in [-0.3, -0.25) is 9.78 Å². The lowest BCUT2D eigenvalue weighted by molar-refractivity contribution is 0.0961. The zero-order valence-corrected chi connectivity index (χ0v) is 9.83. The van der Waals surface area contributed by atoms with Gasteiger partial charge in [-0.15, -0.1) is 0 Å². The van der Waals surface area contributed by atoms with Crippen molar-refractivity contribution in [2.45, 2.75) is 0 Å². The fraction of sp³-hybridized carbons (Fsp3) is 0. The van der Waals surface area contributed by atoms with Gasteiger partial charge in [0.25, 0.3) is 5.91 Å². The van der Waals surface area contributed by atoms with E-state index < -0.39 is 11.6 Å². The number of fused-ring (bicyclic) bond motifs is 1. The van der Waals surface area contributed by atoms with Crippen molar-refractivity contribution in [3.05, 3.63) is 58.8 Å². The molecule has 0 aliphatic rings. The van der Waals surface area contributed by atoms with Crippen molar-refractivity contribution in [1.82, 2.24) is 14.5 Å². The molecule has 0 saturated carbocycles. The summed E-state index contributed by atoms with van der Waals surface area (Å²) >= 11 is 0. The third-order valence-corrected chi connectivity index (χ3v) is 2.84. The SMILES string of the molecule is Nc1ccc2[nH]c(=O)n(C(=O)c3ccncc3)c2c1. The normalized spacial score (nSPS) is 10.7. The standard InChI is InChI=1S/C13H10N4O2/c14-9-1-2-10-11(7-9)17(13(19)16-10)12(18)8-3-5-15-6-4-8/h1-7H,14H2,(H,16,19). The first-order chi connectivity index (χ1) is 9.16. The van der Waals surface area contributed by atoms with Crippen LogP contribution in [0.5, 0.6) is 0 Å². The van der Waals surface area contributed by atoms with Crippen LogP contribution in [0.15, 0.2) is 47.5 Å². The molecular formula is C13H10N4O2. The van der Waals surface area contributed by atoms with E-state index in [4.69, 9.17) is 5.73 Å². The van der Waals surface area contributed by atoms with Gasteiger partial charge in [-0.2, -0.15) is 0 Å². The summed E-state index contributed by atoms with van der Waals surface area (Å²) in [5.74, 6) is -0.413. The number of carbonyl (C=O) groups excluding carboxylic acids is 1. The minimum Gasteiger partial charge on any atom is -0.399 e. The highest BCUT2D eigenvalue weighted by atomic mass is 16.2. The van der Waals surface area contributed by atoms with Crippen molar-refractivity contribution in [3.63, 3.8) is 0 Å². The maximum Gasteiger partial charge on any atom is 0.333 e. The molecule has 94 valence electrons. The highest BCUT2D eigenvalue weighted by Crippen LogP contribution is 2.15. The molecule has 2 heterocycles. The van der Waals surface area contributed by atoms with Crippen LogP contribution in [-0.2, 0) is 0 Å². The number of nitrogens with two attached hydrogens (primary N) is 1. The second kappa shape index (κ2) is 4.09. The highest BCUT2D eigenvalue weighted by molar-refractivity contribution is 6.01. The van der Waals surface area contributed by atoms with E-state index in [1.165, 1.54) is 12.4 Å². The van der Waals surface area contributed by atoms with Crippen LogP contribution in [0.25, 0.3) is 11.0 Å². The lowest BCUT2D eigenvalue weighted by Gasteiger charge is -2.02. The maximum atomic E-state index is 12.3. The predicted molar refractivity (Wildman–Crippen MR) is 70.9 cm³/mol. The van der Waals surface area contributed by atoms with Gasteiger partial charge in [0, 0.05) is 23.6 Å². The summed E-state index contributed by atoms with van der Waals surface area (Å²) in [6.07, 6.45) is 3.00. The maximum absolute atomic E-state index is 12.3. The lowest BCUT2D eigenvalue weighted by Crippen LogP contribution is -2.24. The summed E-state index contributed by atoms with van der Waals surface area (Å²) in [5.41, 5.74) is 7.12. The topological polar surface area (TPSA) is 93.8 Å². The molecule has 3 aromatic rings. The minimum absolute atomic E-state index is 0.389. The number of aromatic nitrogens is 3. The monoisotopic (exact) mass is 254 g/mol. The summed E-state index contributed by atoms with van der Waals surface area (Å²) in [7, 11) is 0. The van der Waals surface area contributed by atoms with Crippen LogP contribution in [0, 0.1) is 0 Å². The van der Waals surface area contributed by atoms with E-state index in [0.29, 0.717) is 22.3 Å². The Balaban J connectivity index is 2.25. The summed E-state index contributed by atoms with van der Waals surface area (Å²) in [6, 6.07) is 8.04. The molecule has 0 atom stereocenters. The van der Waals surface area contributed by atoms with Gasteiger partial charge in [0.2, 0.25) is 0 Å². The van der Waals surface area contributed by atoms with E-state index in [1.807, 2.05) is 0 Å². The molecule has 0 amide bonds. The Hall–Kier alpha value is -2.89. The number of hydrogen-bond acceptors (Lipinski definition) is 4. The number of nitrogen functional groups attached to an aromatic ring is 1. The number of rotatable bonds is 1. The third kappa shape index (κ3) is 1.79. The highest BCUT2D eigenvalue weighted by Gasteiger charge is 2.15. The smallest absolute Gasteiger partial charge is 0.333 e. The minimum atomic E-state index is -0.484. The number of aromatic amines is 1. The summed E-state index contributed by atoms with van der Waals surface area (Å²) in [5, 5.41) is 0. The average molecular weight is 254 g/mol. The second-order valence-corrected chi connectivity index (χ2v) is 4.08. The lowest BCUT2D eigenvalue weighted by atomic mass is 10.2. The van der Waals surface area contributed by atoms with Gasteiger partial charge in [-0.05, 0) is 30.3 Å². The molecule has 0 aliphatic carbocycles. The molecule has 3 rings (SSSR count). The Morgan fingerprint density at radius 1 is 1.21 bits per heavy atom. The summed E-state index contributed by atoms with van der Waals surface area (Å²) in [4.78, 5) is 30.7. The largest absolute Gasteiger partial charge is 0.399 e. The number of nitrogens with one attached hydrogen (secondary N) is 1. The Labute approximate surface area is 107 Å². The Bertz CT molecular complexity index is 818. The van der Waals surface area contributed by atoms with Crippen LogP contribution in [0.3, 0.4) is 0 Å². The molecule has 0 aliphatic heterocycles. The molecule has 0 fully saturated rings. The first-order valence-corrected chi connectivity index (χ1v) is 5.62. The van der Waals surface area contributed by atoms with Crippen LogP contribution in [-0.4, -0.2) is 20.4 Å². The zero-order valence-electron chi connectivity index (χ0n) is 9.83. The number of pyridine rings is 1. The van der Waals surface area contributed by atoms with Crippen LogP contribution in [0.2, 0.25) is 0 Å². The van der Waals surface area contributed by atoms with Crippen molar-refractivity contribution in [3.8, 4) is 0 Å². The van der Waals surface area contributed by atoms with E-state index in [-0.39, 0.29) is 0 Å². The van der Waals surface area contributed by atoms with Gasteiger partial charge < -0.3 is 10.7 Å². The number of H-pyrrole nitrogens is 1. The van der Waals surface area contributed by atoms with Gasteiger partial charge >= 0.3 is 5.69 Å². The Kier molecular flexibility index (Phi) is 2.42. The van der Waals surface area contributed by atoms with Crippen LogP contribution >= 0.6 is 0 Å². The molecule has 19 heavy (non-hydrogen) atoms. The van der Waals surface area contributed by atoms with E-state index in [1.54, 1.807) is 30.3 Å². The molecular weight excluding hydrogens is 244 g/mol. The number of benzene rings is 1. The summed E-state index contributed by atoms with van der Waals surface area (Å²) < 4.78 is 1.07. The molecule has 0 unspecified atom stereocenters. The van der Waals surface area contributed by atoms with E-state index in [9.17, 15) is 9.59 Å². The fourth-order valence-electron chi connectivity index (χ4n) is 1.95. The van der Waals surface area contributed by atoms with Gasteiger partial charge in [-0.25, -0.2) is 9.36 Å². The van der Waals surface area contributed by atoms with Crippen molar-refractivity contribution < 1.29 is 4.79 Å². The molecule has 2 aromatic heterocycles. The van der Waals surface area contributed by atoms with E-state index in [0.717, 1.165) is 4.57 Å². The van der Waals surface area contributed by atoms with Gasteiger partial charge in [0.15, 0.2) is 0 Å². The fourth-order valence-corrected chi connectivity index (χ4v) is 1.95. The molecule has 0 saturated heterocycles. The number of anilines is 1. The predicted octanol–water partition coefficient (Wildman–Crippen LogP) is 0.995.